The molecular formula is C13H13NO2S. The standard InChI is InChI=1S/C13H13NO2S/c1-8-4-9(2)6-10(5-8)12-11(13(15)16-3)14-7-17-12/h4-7H,1-3H3. The highest BCUT2D eigenvalue weighted by molar-refractivity contribution is 7.13. The number of aromatic nitrogens is 1. The van der Waals surface area contributed by atoms with Crippen LogP contribution in [0.15, 0.2) is 23.7 Å². The Kier molecular flexibility index (Phi) is 3.24. The molecule has 1 aromatic carbocycles. The summed E-state index contributed by atoms with van der Waals surface area (Å²) in [4.78, 5) is 16.5. The molecule has 0 saturated carbocycles. The van der Waals surface area contributed by atoms with E-state index in [2.05, 4.69) is 11.1 Å². The Morgan fingerprint density at radius 2 is 1.88 bits per heavy atom. The van der Waals surface area contributed by atoms with Crippen molar-refractivity contribution in [3.63, 3.8) is 0 Å². The van der Waals surface area contributed by atoms with E-state index in [4.69, 9.17) is 4.74 Å². The van der Waals surface area contributed by atoms with Crippen molar-refractivity contribution in [3.05, 3.63) is 40.5 Å². The third-order valence-electron chi connectivity index (χ3n) is 2.43. The number of esters is 1. The molecule has 0 saturated heterocycles. The molecule has 0 aliphatic heterocycles. The molecule has 4 heteroatoms. The molecule has 0 fully saturated rings. The minimum Gasteiger partial charge on any atom is -0.464 e. The third kappa shape index (κ3) is 2.36. The average molecular weight is 247 g/mol. The summed E-state index contributed by atoms with van der Waals surface area (Å²) in [7, 11) is 1.37. The van der Waals surface area contributed by atoms with Crippen LogP contribution in [0.5, 0.6) is 0 Å². The number of carbonyl (C=O) groups is 1. The Hall–Kier alpha value is -1.68. The maximum absolute atomic E-state index is 11.6. The van der Waals surface area contributed by atoms with Crippen LogP contribution in [0.25, 0.3) is 10.4 Å². The van der Waals surface area contributed by atoms with Gasteiger partial charge in [-0.15, -0.1) is 11.3 Å². The molecule has 0 spiro atoms. The summed E-state index contributed by atoms with van der Waals surface area (Å²) in [6.45, 7) is 4.07. The lowest BCUT2D eigenvalue weighted by Gasteiger charge is -2.04. The van der Waals surface area contributed by atoms with Gasteiger partial charge in [0, 0.05) is 0 Å². The molecule has 1 heterocycles. The lowest BCUT2D eigenvalue weighted by molar-refractivity contribution is 0.0596. The smallest absolute Gasteiger partial charge is 0.358 e. The number of hydrogen-bond acceptors (Lipinski definition) is 4. The zero-order valence-corrected chi connectivity index (χ0v) is 10.8. The minimum absolute atomic E-state index is 0.389. The van der Waals surface area contributed by atoms with Gasteiger partial charge < -0.3 is 4.74 Å². The average Bonchev–Trinajstić information content (AvgIpc) is 2.75. The van der Waals surface area contributed by atoms with Gasteiger partial charge in [0.15, 0.2) is 5.69 Å². The molecule has 0 bridgehead atoms. The van der Waals surface area contributed by atoms with Gasteiger partial charge in [-0.05, 0) is 19.4 Å². The molecule has 0 amide bonds. The highest BCUT2D eigenvalue weighted by Gasteiger charge is 2.16. The highest BCUT2D eigenvalue weighted by Crippen LogP contribution is 2.29. The van der Waals surface area contributed by atoms with Crippen LogP contribution in [-0.4, -0.2) is 18.1 Å². The highest BCUT2D eigenvalue weighted by atomic mass is 32.1. The van der Waals surface area contributed by atoms with E-state index in [0.717, 1.165) is 10.4 Å². The predicted molar refractivity (Wildman–Crippen MR) is 68.4 cm³/mol. The van der Waals surface area contributed by atoms with E-state index in [1.165, 1.54) is 29.6 Å². The summed E-state index contributed by atoms with van der Waals surface area (Å²) in [5.74, 6) is -0.389. The Balaban J connectivity index is 2.53. The number of benzene rings is 1. The second-order valence-electron chi connectivity index (χ2n) is 3.90. The van der Waals surface area contributed by atoms with E-state index in [9.17, 15) is 4.79 Å². The molecular weight excluding hydrogens is 234 g/mol. The lowest BCUT2D eigenvalue weighted by atomic mass is 10.1. The summed E-state index contributed by atoms with van der Waals surface area (Å²) in [5, 5.41) is 0. The molecule has 0 aliphatic rings. The van der Waals surface area contributed by atoms with Crippen molar-refractivity contribution in [2.45, 2.75) is 13.8 Å². The molecule has 0 aliphatic carbocycles. The summed E-state index contributed by atoms with van der Waals surface area (Å²) in [6, 6.07) is 6.20. The first kappa shape index (κ1) is 11.8. The normalized spacial score (nSPS) is 10.3. The van der Waals surface area contributed by atoms with E-state index in [-0.39, 0.29) is 5.97 Å². The SMILES string of the molecule is COC(=O)c1ncsc1-c1cc(C)cc(C)c1. The Morgan fingerprint density at radius 3 is 2.47 bits per heavy atom. The maximum Gasteiger partial charge on any atom is 0.358 e. The van der Waals surface area contributed by atoms with Crippen LogP contribution in [0, 0.1) is 13.8 Å². The number of aryl methyl sites for hydroxylation is 2. The van der Waals surface area contributed by atoms with Gasteiger partial charge in [0.1, 0.15) is 0 Å². The maximum atomic E-state index is 11.6. The van der Waals surface area contributed by atoms with E-state index < -0.39 is 0 Å². The molecule has 1 aromatic heterocycles. The van der Waals surface area contributed by atoms with Crippen LogP contribution in [0.1, 0.15) is 21.6 Å². The topological polar surface area (TPSA) is 39.2 Å². The predicted octanol–water partition coefficient (Wildman–Crippen LogP) is 3.21. The van der Waals surface area contributed by atoms with Gasteiger partial charge in [0.2, 0.25) is 0 Å². The van der Waals surface area contributed by atoms with Crippen molar-refractivity contribution < 1.29 is 9.53 Å². The number of rotatable bonds is 2. The van der Waals surface area contributed by atoms with Crippen molar-refractivity contribution in [1.82, 2.24) is 4.98 Å². The third-order valence-corrected chi connectivity index (χ3v) is 3.31. The van der Waals surface area contributed by atoms with Crippen LogP contribution in [0.3, 0.4) is 0 Å². The number of carbonyl (C=O) groups excluding carboxylic acids is 1. The largest absolute Gasteiger partial charge is 0.464 e. The van der Waals surface area contributed by atoms with Gasteiger partial charge in [0.05, 0.1) is 17.5 Å². The lowest BCUT2D eigenvalue weighted by Crippen LogP contribution is -2.03. The van der Waals surface area contributed by atoms with Gasteiger partial charge in [-0.2, -0.15) is 0 Å². The fourth-order valence-electron chi connectivity index (χ4n) is 1.80. The van der Waals surface area contributed by atoms with Crippen molar-refractivity contribution in [2.24, 2.45) is 0 Å². The monoisotopic (exact) mass is 247 g/mol. The van der Waals surface area contributed by atoms with Crippen molar-refractivity contribution in [1.29, 1.82) is 0 Å². The van der Waals surface area contributed by atoms with Gasteiger partial charge in [-0.3, -0.25) is 0 Å². The first-order chi connectivity index (χ1) is 8.11. The Labute approximate surface area is 104 Å². The van der Waals surface area contributed by atoms with Gasteiger partial charge in [-0.1, -0.05) is 29.3 Å². The zero-order chi connectivity index (χ0) is 12.4. The second kappa shape index (κ2) is 4.67. The van der Waals surface area contributed by atoms with Crippen molar-refractivity contribution in [3.8, 4) is 10.4 Å². The van der Waals surface area contributed by atoms with Gasteiger partial charge in [0.25, 0.3) is 0 Å². The molecule has 0 unspecified atom stereocenters. The zero-order valence-electron chi connectivity index (χ0n) is 9.98. The summed E-state index contributed by atoms with van der Waals surface area (Å²) in [6.07, 6.45) is 0. The first-order valence-electron chi connectivity index (χ1n) is 5.22. The van der Waals surface area contributed by atoms with Crippen LogP contribution < -0.4 is 0 Å². The van der Waals surface area contributed by atoms with E-state index >= 15 is 0 Å². The molecule has 3 nitrogen and oxygen atoms in total. The van der Waals surface area contributed by atoms with Gasteiger partial charge >= 0.3 is 5.97 Å². The number of hydrogen-bond donors (Lipinski definition) is 0. The second-order valence-corrected chi connectivity index (χ2v) is 4.75. The first-order valence-corrected chi connectivity index (χ1v) is 6.10. The summed E-state index contributed by atoms with van der Waals surface area (Å²) in [5.41, 5.74) is 5.42. The summed E-state index contributed by atoms with van der Waals surface area (Å²) >= 11 is 1.45. The van der Waals surface area contributed by atoms with E-state index in [1.807, 2.05) is 26.0 Å². The minimum atomic E-state index is -0.389. The van der Waals surface area contributed by atoms with Crippen molar-refractivity contribution in [2.75, 3.05) is 7.11 Å². The molecule has 2 aromatic rings. The quantitative estimate of drug-likeness (QED) is 0.765. The van der Waals surface area contributed by atoms with E-state index in [0.29, 0.717) is 5.69 Å². The molecule has 2 rings (SSSR count). The van der Waals surface area contributed by atoms with Crippen molar-refractivity contribution >= 4 is 17.3 Å². The molecule has 0 N–H and O–H groups in total. The number of ether oxygens (including phenoxy) is 1. The molecule has 0 radical (unpaired) electrons. The molecule has 17 heavy (non-hydrogen) atoms. The van der Waals surface area contributed by atoms with Crippen LogP contribution >= 0.6 is 11.3 Å². The Bertz CT molecular complexity index is 540. The van der Waals surface area contributed by atoms with E-state index in [1.54, 1.807) is 5.51 Å². The van der Waals surface area contributed by atoms with Crippen LogP contribution in [0.2, 0.25) is 0 Å². The Morgan fingerprint density at radius 1 is 1.24 bits per heavy atom. The van der Waals surface area contributed by atoms with Crippen LogP contribution in [0.4, 0.5) is 0 Å². The fraction of sp³-hybridized carbons (Fsp3) is 0.231. The number of methoxy groups -OCH3 is 1. The summed E-state index contributed by atoms with van der Waals surface area (Å²) < 4.78 is 4.72. The number of nitrogens with zero attached hydrogens (tertiary/aromatic N) is 1. The van der Waals surface area contributed by atoms with Gasteiger partial charge in [-0.25, -0.2) is 9.78 Å². The fourth-order valence-corrected chi connectivity index (χ4v) is 2.56. The number of thiazole rings is 1. The molecule has 0 atom stereocenters. The molecule has 88 valence electrons. The van der Waals surface area contributed by atoms with Crippen LogP contribution in [-0.2, 0) is 4.74 Å².